The molecule has 0 saturated carbocycles. The number of amides is 1. The minimum Gasteiger partial charge on any atom is -0.481 e. The third-order valence-corrected chi connectivity index (χ3v) is 4.23. The van der Waals surface area contributed by atoms with Gasteiger partial charge in [0.2, 0.25) is 0 Å². The first kappa shape index (κ1) is 14.0. The second kappa shape index (κ2) is 5.13. The zero-order valence-corrected chi connectivity index (χ0v) is 11.7. The Labute approximate surface area is 122 Å². The molecular formula is C15H17NO5. The Bertz CT molecular complexity index is 600. The molecule has 2 heterocycles. The van der Waals surface area contributed by atoms with E-state index in [2.05, 4.69) is 5.32 Å². The molecule has 2 aliphatic rings. The number of fused-ring (bicyclic) bond motifs is 1. The highest BCUT2D eigenvalue weighted by Gasteiger charge is 2.47. The van der Waals surface area contributed by atoms with Crippen LogP contribution in [0.1, 0.15) is 28.4 Å². The second-order valence-corrected chi connectivity index (χ2v) is 5.74. The van der Waals surface area contributed by atoms with Gasteiger partial charge in [-0.15, -0.1) is 0 Å². The first-order chi connectivity index (χ1) is 10.0. The van der Waals surface area contributed by atoms with E-state index in [0.717, 1.165) is 11.1 Å². The number of carbonyl (C=O) groups is 2. The quantitative estimate of drug-likeness (QED) is 0.865. The standard InChI is InChI=1S/C15H17NO5/c1-15(14(18)19)8-21-7-12(15)16-13(17)9-2-3-10-5-20-6-11(10)4-9/h2-4,12H,5-8H2,1H3,(H,16,17)(H,18,19). The largest absolute Gasteiger partial charge is 0.481 e. The molecule has 1 aromatic rings. The highest BCUT2D eigenvalue weighted by molar-refractivity contribution is 5.95. The van der Waals surface area contributed by atoms with E-state index in [1.54, 1.807) is 19.1 Å². The predicted octanol–water partition coefficient (Wildman–Crippen LogP) is 0.936. The van der Waals surface area contributed by atoms with Gasteiger partial charge in [-0.1, -0.05) is 6.07 Å². The van der Waals surface area contributed by atoms with Crippen molar-refractivity contribution in [3.05, 3.63) is 34.9 Å². The smallest absolute Gasteiger partial charge is 0.313 e. The third kappa shape index (κ3) is 2.41. The SMILES string of the molecule is CC1(C(=O)O)COCC1NC(=O)c1ccc2c(c1)COC2. The van der Waals surface area contributed by atoms with Gasteiger partial charge in [0.05, 0.1) is 32.5 Å². The molecule has 0 aliphatic carbocycles. The number of rotatable bonds is 3. The number of aliphatic carboxylic acids is 1. The summed E-state index contributed by atoms with van der Waals surface area (Å²) in [6.07, 6.45) is 0. The van der Waals surface area contributed by atoms with Crippen LogP contribution >= 0.6 is 0 Å². The zero-order chi connectivity index (χ0) is 15.0. The molecule has 2 N–H and O–H groups in total. The summed E-state index contributed by atoms with van der Waals surface area (Å²) in [6.45, 7) is 2.98. The monoisotopic (exact) mass is 291 g/mol. The van der Waals surface area contributed by atoms with Crippen molar-refractivity contribution in [2.75, 3.05) is 13.2 Å². The molecule has 0 aromatic heterocycles. The Morgan fingerprint density at radius 2 is 2.05 bits per heavy atom. The molecular weight excluding hydrogens is 274 g/mol. The normalized spacial score (nSPS) is 27.4. The molecule has 2 aliphatic heterocycles. The van der Waals surface area contributed by atoms with Crippen LogP contribution in [0, 0.1) is 5.41 Å². The van der Waals surface area contributed by atoms with E-state index in [0.29, 0.717) is 18.8 Å². The van der Waals surface area contributed by atoms with E-state index in [1.807, 2.05) is 6.07 Å². The van der Waals surface area contributed by atoms with E-state index in [4.69, 9.17) is 9.47 Å². The predicted molar refractivity (Wildman–Crippen MR) is 72.8 cm³/mol. The van der Waals surface area contributed by atoms with Gasteiger partial charge in [0.1, 0.15) is 5.41 Å². The van der Waals surface area contributed by atoms with E-state index < -0.39 is 17.4 Å². The van der Waals surface area contributed by atoms with Crippen molar-refractivity contribution in [1.29, 1.82) is 0 Å². The topological polar surface area (TPSA) is 84.9 Å². The number of benzene rings is 1. The summed E-state index contributed by atoms with van der Waals surface area (Å²) < 4.78 is 10.5. The molecule has 6 heteroatoms. The van der Waals surface area contributed by atoms with Crippen LogP contribution in [0.2, 0.25) is 0 Å². The fourth-order valence-electron chi connectivity index (χ4n) is 2.64. The molecule has 0 radical (unpaired) electrons. The molecule has 3 rings (SSSR count). The van der Waals surface area contributed by atoms with Crippen LogP contribution in [0.15, 0.2) is 18.2 Å². The minimum absolute atomic E-state index is 0.102. The summed E-state index contributed by atoms with van der Waals surface area (Å²) >= 11 is 0. The summed E-state index contributed by atoms with van der Waals surface area (Å²) in [5, 5.41) is 12.1. The van der Waals surface area contributed by atoms with Crippen LogP contribution in [-0.2, 0) is 27.5 Å². The lowest BCUT2D eigenvalue weighted by molar-refractivity contribution is -0.148. The molecule has 112 valence electrons. The van der Waals surface area contributed by atoms with Gasteiger partial charge in [-0.3, -0.25) is 9.59 Å². The second-order valence-electron chi connectivity index (χ2n) is 5.74. The Kier molecular flexibility index (Phi) is 3.43. The lowest BCUT2D eigenvalue weighted by atomic mass is 9.85. The van der Waals surface area contributed by atoms with Gasteiger partial charge in [0.15, 0.2) is 0 Å². The van der Waals surface area contributed by atoms with Crippen molar-refractivity contribution in [2.45, 2.75) is 26.2 Å². The number of carboxylic acids is 1. The molecule has 2 unspecified atom stereocenters. The van der Waals surface area contributed by atoms with Crippen LogP contribution < -0.4 is 5.32 Å². The summed E-state index contributed by atoms with van der Waals surface area (Å²) in [5.74, 6) is -1.25. The van der Waals surface area contributed by atoms with Crippen molar-refractivity contribution < 1.29 is 24.2 Å². The van der Waals surface area contributed by atoms with E-state index in [9.17, 15) is 14.7 Å². The maximum absolute atomic E-state index is 12.3. The van der Waals surface area contributed by atoms with Gasteiger partial charge in [0.25, 0.3) is 5.91 Å². The molecule has 1 aromatic carbocycles. The number of hydrogen-bond donors (Lipinski definition) is 2. The Hall–Kier alpha value is -1.92. The van der Waals surface area contributed by atoms with Crippen LogP contribution in [0.25, 0.3) is 0 Å². The maximum atomic E-state index is 12.3. The lowest BCUT2D eigenvalue weighted by Gasteiger charge is -2.25. The lowest BCUT2D eigenvalue weighted by Crippen LogP contribution is -2.49. The molecule has 0 spiro atoms. The van der Waals surface area contributed by atoms with Crippen molar-refractivity contribution in [1.82, 2.24) is 5.32 Å². The van der Waals surface area contributed by atoms with E-state index >= 15 is 0 Å². The Morgan fingerprint density at radius 1 is 1.29 bits per heavy atom. The van der Waals surface area contributed by atoms with Gasteiger partial charge in [-0.05, 0) is 30.2 Å². The molecule has 2 atom stereocenters. The van der Waals surface area contributed by atoms with E-state index in [1.165, 1.54) is 0 Å². The maximum Gasteiger partial charge on any atom is 0.313 e. The fraction of sp³-hybridized carbons (Fsp3) is 0.467. The first-order valence-electron chi connectivity index (χ1n) is 6.82. The molecule has 1 saturated heterocycles. The number of carboxylic acid groups (broad SMARTS) is 1. The van der Waals surface area contributed by atoms with Crippen molar-refractivity contribution in [3.63, 3.8) is 0 Å². The zero-order valence-electron chi connectivity index (χ0n) is 11.7. The van der Waals surface area contributed by atoms with Crippen molar-refractivity contribution in [2.24, 2.45) is 5.41 Å². The van der Waals surface area contributed by atoms with Gasteiger partial charge >= 0.3 is 5.97 Å². The van der Waals surface area contributed by atoms with Gasteiger partial charge in [-0.25, -0.2) is 0 Å². The van der Waals surface area contributed by atoms with Gasteiger partial charge in [0, 0.05) is 5.56 Å². The van der Waals surface area contributed by atoms with Crippen molar-refractivity contribution in [3.8, 4) is 0 Å². The number of ether oxygens (including phenoxy) is 2. The van der Waals surface area contributed by atoms with E-state index in [-0.39, 0.29) is 19.1 Å². The minimum atomic E-state index is -1.09. The van der Waals surface area contributed by atoms with Crippen LogP contribution in [-0.4, -0.2) is 36.2 Å². The molecule has 0 bridgehead atoms. The molecule has 1 amide bonds. The average Bonchev–Trinajstić information content (AvgIpc) is 3.06. The first-order valence-corrected chi connectivity index (χ1v) is 6.82. The van der Waals surface area contributed by atoms with Gasteiger partial charge in [-0.2, -0.15) is 0 Å². The van der Waals surface area contributed by atoms with Crippen LogP contribution in [0.5, 0.6) is 0 Å². The van der Waals surface area contributed by atoms with Crippen molar-refractivity contribution >= 4 is 11.9 Å². The van der Waals surface area contributed by atoms with Gasteiger partial charge < -0.3 is 19.9 Å². The number of nitrogens with one attached hydrogen (secondary N) is 1. The summed E-state index contributed by atoms with van der Waals surface area (Å²) in [6, 6.07) is 4.87. The van der Waals surface area contributed by atoms with Crippen LogP contribution in [0.4, 0.5) is 0 Å². The third-order valence-electron chi connectivity index (χ3n) is 4.23. The summed E-state index contributed by atoms with van der Waals surface area (Å²) in [7, 11) is 0. The summed E-state index contributed by atoms with van der Waals surface area (Å²) in [4.78, 5) is 23.7. The van der Waals surface area contributed by atoms with Crippen LogP contribution in [0.3, 0.4) is 0 Å². The molecule has 6 nitrogen and oxygen atoms in total. The molecule has 1 fully saturated rings. The number of carbonyl (C=O) groups excluding carboxylic acids is 1. The Balaban J connectivity index is 1.76. The number of hydrogen-bond acceptors (Lipinski definition) is 4. The average molecular weight is 291 g/mol. The molecule has 21 heavy (non-hydrogen) atoms. The highest BCUT2D eigenvalue weighted by Crippen LogP contribution is 2.29. The highest BCUT2D eigenvalue weighted by atomic mass is 16.5. The summed E-state index contributed by atoms with van der Waals surface area (Å²) in [5.41, 5.74) is 1.52. The Morgan fingerprint density at radius 3 is 2.81 bits per heavy atom. The fourth-order valence-corrected chi connectivity index (χ4v) is 2.64.